The van der Waals surface area contributed by atoms with Gasteiger partial charge in [-0.15, -0.1) is 0 Å². The van der Waals surface area contributed by atoms with Gasteiger partial charge in [-0.1, -0.05) is 20.3 Å². The number of aromatic nitrogens is 3. The summed E-state index contributed by atoms with van der Waals surface area (Å²) in [7, 11) is 0. The summed E-state index contributed by atoms with van der Waals surface area (Å²) in [6, 6.07) is 1.18. The Kier molecular flexibility index (Phi) is 3.45. The van der Waals surface area contributed by atoms with E-state index in [1.54, 1.807) is 6.20 Å². The Hall–Kier alpha value is -2.11. The number of H-pyrrole nitrogens is 1. The summed E-state index contributed by atoms with van der Waals surface area (Å²) in [5.41, 5.74) is 0.695. The molecule has 0 unspecified atom stereocenters. The van der Waals surface area contributed by atoms with Crippen LogP contribution in [0.2, 0.25) is 0 Å². The maximum Gasteiger partial charge on any atom is 0.326 e. The number of nitrogens with zero attached hydrogens (tertiary/aromatic N) is 2. The SMILES string of the molecule is CC[C@H](C)[C@H](Nc1ncnc2[nH]ccc12)C(=O)O. The predicted molar refractivity (Wildman–Crippen MR) is 68.4 cm³/mol. The maximum absolute atomic E-state index is 11.3. The molecule has 0 aromatic carbocycles. The number of hydrogen-bond donors (Lipinski definition) is 3. The molecule has 2 atom stereocenters. The summed E-state index contributed by atoms with van der Waals surface area (Å²) in [4.78, 5) is 22.4. The summed E-state index contributed by atoms with van der Waals surface area (Å²) in [5, 5.41) is 13.0. The zero-order valence-corrected chi connectivity index (χ0v) is 10.3. The van der Waals surface area contributed by atoms with E-state index in [4.69, 9.17) is 0 Å². The molecular weight excluding hydrogens is 232 g/mol. The van der Waals surface area contributed by atoms with Crippen molar-refractivity contribution in [2.24, 2.45) is 5.92 Å². The number of anilines is 1. The van der Waals surface area contributed by atoms with E-state index < -0.39 is 12.0 Å². The van der Waals surface area contributed by atoms with Crippen molar-refractivity contribution in [2.75, 3.05) is 5.32 Å². The number of carboxylic acid groups (broad SMARTS) is 1. The largest absolute Gasteiger partial charge is 0.480 e. The summed E-state index contributed by atoms with van der Waals surface area (Å²) in [6.07, 6.45) is 3.95. The summed E-state index contributed by atoms with van der Waals surface area (Å²) in [6.45, 7) is 3.87. The van der Waals surface area contributed by atoms with E-state index in [2.05, 4.69) is 20.3 Å². The third-order valence-electron chi connectivity index (χ3n) is 3.13. The average Bonchev–Trinajstić information content (AvgIpc) is 2.83. The molecule has 2 rings (SSSR count). The zero-order chi connectivity index (χ0) is 13.1. The molecule has 0 saturated carbocycles. The monoisotopic (exact) mass is 248 g/mol. The van der Waals surface area contributed by atoms with Crippen LogP contribution in [0.15, 0.2) is 18.6 Å². The molecule has 2 aromatic heterocycles. The first-order valence-corrected chi connectivity index (χ1v) is 5.91. The van der Waals surface area contributed by atoms with Crippen molar-refractivity contribution < 1.29 is 9.90 Å². The number of carbonyl (C=O) groups is 1. The minimum absolute atomic E-state index is 0.0199. The molecule has 0 aliphatic heterocycles. The first kappa shape index (κ1) is 12.3. The van der Waals surface area contributed by atoms with Gasteiger partial charge in [0, 0.05) is 6.20 Å². The van der Waals surface area contributed by atoms with Gasteiger partial charge in [0.15, 0.2) is 0 Å². The molecule has 3 N–H and O–H groups in total. The Balaban J connectivity index is 2.31. The molecule has 0 aliphatic carbocycles. The van der Waals surface area contributed by atoms with E-state index in [-0.39, 0.29) is 5.92 Å². The highest BCUT2D eigenvalue weighted by Gasteiger charge is 2.24. The number of aliphatic carboxylic acids is 1. The molecule has 18 heavy (non-hydrogen) atoms. The van der Waals surface area contributed by atoms with Gasteiger partial charge >= 0.3 is 5.97 Å². The molecular formula is C12H16N4O2. The highest BCUT2D eigenvalue weighted by molar-refractivity contribution is 5.89. The minimum atomic E-state index is -0.869. The normalized spacial score (nSPS) is 14.3. The fourth-order valence-corrected chi connectivity index (χ4v) is 1.82. The molecule has 2 heterocycles. The lowest BCUT2D eigenvalue weighted by Crippen LogP contribution is -2.35. The lowest BCUT2D eigenvalue weighted by molar-refractivity contribution is -0.139. The second-order valence-corrected chi connectivity index (χ2v) is 4.31. The summed E-state index contributed by atoms with van der Waals surface area (Å²) < 4.78 is 0. The van der Waals surface area contributed by atoms with Gasteiger partial charge in [-0.2, -0.15) is 0 Å². The van der Waals surface area contributed by atoms with E-state index in [0.29, 0.717) is 11.5 Å². The summed E-state index contributed by atoms with van der Waals surface area (Å²) >= 11 is 0. The Bertz CT molecular complexity index is 552. The first-order valence-electron chi connectivity index (χ1n) is 5.91. The van der Waals surface area contributed by atoms with Crippen LogP contribution < -0.4 is 5.32 Å². The third kappa shape index (κ3) is 2.27. The van der Waals surface area contributed by atoms with E-state index in [0.717, 1.165) is 11.8 Å². The standard InChI is InChI=1S/C12H16N4O2/c1-3-7(2)9(12(17)18)16-11-8-4-5-13-10(8)14-6-15-11/h4-7,9H,3H2,1-2H3,(H,17,18)(H2,13,14,15,16)/t7-,9-/m0/s1. The van der Waals surface area contributed by atoms with Crippen LogP contribution in [0.25, 0.3) is 11.0 Å². The van der Waals surface area contributed by atoms with Crippen LogP contribution in [-0.4, -0.2) is 32.1 Å². The predicted octanol–water partition coefficient (Wildman–Crippen LogP) is 1.87. The number of aromatic amines is 1. The number of nitrogens with one attached hydrogen (secondary N) is 2. The third-order valence-corrected chi connectivity index (χ3v) is 3.13. The molecule has 0 radical (unpaired) electrons. The van der Waals surface area contributed by atoms with Crippen molar-refractivity contribution in [3.63, 3.8) is 0 Å². The van der Waals surface area contributed by atoms with Crippen molar-refractivity contribution in [3.05, 3.63) is 18.6 Å². The van der Waals surface area contributed by atoms with Crippen LogP contribution >= 0.6 is 0 Å². The van der Waals surface area contributed by atoms with Gasteiger partial charge in [-0.05, 0) is 12.0 Å². The first-order chi connectivity index (χ1) is 8.63. The molecule has 0 aliphatic rings. The van der Waals surface area contributed by atoms with Gasteiger partial charge in [0.2, 0.25) is 0 Å². The van der Waals surface area contributed by atoms with Crippen LogP contribution in [0.5, 0.6) is 0 Å². The Morgan fingerprint density at radius 2 is 2.33 bits per heavy atom. The molecule has 0 saturated heterocycles. The number of rotatable bonds is 5. The van der Waals surface area contributed by atoms with E-state index in [1.165, 1.54) is 6.33 Å². The number of hydrogen-bond acceptors (Lipinski definition) is 4. The smallest absolute Gasteiger partial charge is 0.326 e. The Morgan fingerprint density at radius 1 is 1.56 bits per heavy atom. The van der Waals surface area contributed by atoms with Crippen LogP contribution in [-0.2, 0) is 4.79 Å². The molecule has 0 spiro atoms. The topological polar surface area (TPSA) is 90.9 Å². The van der Waals surface area contributed by atoms with E-state index >= 15 is 0 Å². The van der Waals surface area contributed by atoms with Gasteiger partial charge in [0.05, 0.1) is 5.39 Å². The van der Waals surface area contributed by atoms with Crippen LogP contribution in [0.1, 0.15) is 20.3 Å². The molecule has 0 fully saturated rings. The molecule has 0 bridgehead atoms. The average molecular weight is 248 g/mol. The van der Waals surface area contributed by atoms with Crippen molar-refractivity contribution >= 4 is 22.8 Å². The van der Waals surface area contributed by atoms with Gasteiger partial charge in [-0.3, -0.25) is 0 Å². The molecule has 0 amide bonds. The maximum atomic E-state index is 11.3. The minimum Gasteiger partial charge on any atom is -0.480 e. The second kappa shape index (κ2) is 5.03. The molecule has 6 heteroatoms. The summed E-state index contributed by atoms with van der Waals surface area (Å²) in [5.74, 6) is -0.299. The number of carboxylic acids is 1. The highest BCUT2D eigenvalue weighted by Crippen LogP contribution is 2.20. The zero-order valence-electron chi connectivity index (χ0n) is 10.3. The van der Waals surface area contributed by atoms with Crippen molar-refractivity contribution in [1.29, 1.82) is 0 Å². The van der Waals surface area contributed by atoms with Crippen LogP contribution in [0.3, 0.4) is 0 Å². The van der Waals surface area contributed by atoms with Crippen molar-refractivity contribution in [2.45, 2.75) is 26.3 Å². The molecule has 6 nitrogen and oxygen atoms in total. The second-order valence-electron chi connectivity index (χ2n) is 4.31. The fraction of sp³-hybridized carbons (Fsp3) is 0.417. The quantitative estimate of drug-likeness (QED) is 0.751. The van der Waals surface area contributed by atoms with Gasteiger partial charge in [0.1, 0.15) is 23.8 Å². The van der Waals surface area contributed by atoms with Crippen molar-refractivity contribution in [3.8, 4) is 0 Å². The Morgan fingerprint density at radius 3 is 3.00 bits per heavy atom. The van der Waals surface area contributed by atoms with Crippen molar-refractivity contribution in [1.82, 2.24) is 15.0 Å². The lowest BCUT2D eigenvalue weighted by atomic mass is 9.99. The van der Waals surface area contributed by atoms with Gasteiger partial charge in [0.25, 0.3) is 0 Å². The van der Waals surface area contributed by atoms with Gasteiger partial charge < -0.3 is 15.4 Å². The Labute approximate surface area is 104 Å². The highest BCUT2D eigenvalue weighted by atomic mass is 16.4. The molecule has 96 valence electrons. The van der Waals surface area contributed by atoms with E-state index in [1.807, 2.05) is 19.9 Å². The fourth-order valence-electron chi connectivity index (χ4n) is 1.82. The van der Waals surface area contributed by atoms with Crippen LogP contribution in [0.4, 0.5) is 5.82 Å². The molecule has 2 aromatic rings. The van der Waals surface area contributed by atoms with E-state index in [9.17, 15) is 9.90 Å². The lowest BCUT2D eigenvalue weighted by Gasteiger charge is -2.20. The van der Waals surface area contributed by atoms with Crippen LogP contribution in [0, 0.1) is 5.92 Å². The van der Waals surface area contributed by atoms with Gasteiger partial charge in [-0.25, -0.2) is 14.8 Å². The number of fused-ring (bicyclic) bond motifs is 1.